The second kappa shape index (κ2) is 8.93. The fourth-order valence-electron chi connectivity index (χ4n) is 3.73. The van der Waals surface area contributed by atoms with Gasteiger partial charge in [-0.2, -0.15) is 0 Å². The van der Waals surface area contributed by atoms with Crippen molar-refractivity contribution in [2.24, 2.45) is 0 Å². The number of aromatic hydroxyl groups is 1. The third kappa shape index (κ3) is 4.14. The van der Waals surface area contributed by atoms with Crippen LogP contribution < -0.4 is 14.8 Å². The molecule has 0 aliphatic rings. The number of hydrogen-bond acceptors (Lipinski definition) is 6. The van der Waals surface area contributed by atoms with Crippen LogP contribution in [0.3, 0.4) is 0 Å². The van der Waals surface area contributed by atoms with E-state index in [-0.39, 0.29) is 5.75 Å². The number of ether oxygens (including phenoxy) is 2. The molecule has 2 aromatic heterocycles. The highest BCUT2D eigenvalue weighted by Crippen LogP contribution is 2.42. The quantitative estimate of drug-likeness (QED) is 0.386. The molecule has 6 nitrogen and oxygen atoms in total. The molecule has 0 unspecified atom stereocenters. The molecule has 0 saturated heterocycles. The Labute approximate surface area is 191 Å². The zero-order chi connectivity index (χ0) is 22.8. The van der Waals surface area contributed by atoms with E-state index in [1.54, 1.807) is 26.5 Å². The molecular formula is C25H24ClN3O3. The largest absolute Gasteiger partial charge is 0.505 e. The maximum absolute atomic E-state index is 11.2. The van der Waals surface area contributed by atoms with Crippen LogP contribution in [0.25, 0.3) is 10.9 Å². The molecule has 1 atom stereocenters. The monoisotopic (exact) mass is 449 g/mol. The van der Waals surface area contributed by atoms with E-state index in [1.807, 2.05) is 56.3 Å². The van der Waals surface area contributed by atoms with Crippen molar-refractivity contribution in [3.8, 4) is 17.2 Å². The highest BCUT2D eigenvalue weighted by Gasteiger charge is 2.23. The average Bonchev–Trinajstić information content (AvgIpc) is 2.78. The molecule has 4 aromatic rings. The lowest BCUT2D eigenvalue weighted by Crippen LogP contribution is -2.14. The number of anilines is 1. The Morgan fingerprint density at radius 1 is 1.00 bits per heavy atom. The second-order valence-corrected chi connectivity index (χ2v) is 7.97. The lowest BCUT2D eigenvalue weighted by atomic mass is 9.95. The van der Waals surface area contributed by atoms with E-state index in [4.69, 9.17) is 21.1 Å². The molecule has 32 heavy (non-hydrogen) atoms. The minimum Gasteiger partial charge on any atom is -0.505 e. The lowest BCUT2D eigenvalue weighted by molar-refractivity contribution is 0.354. The van der Waals surface area contributed by atoms with Crippen LogP contribution in [0.5, 0.6) is 17.2 Å². The van der Waals surface area contributed by atoms with Crippen LogP contribution in [-0.2, 0) is 0 Å². The van der Waals surface area contributed by atoms with Gasteiger partial charge in [0.05, 0.1) is 25.3 Å². The van der Waals surface area contributed by atoms with Crippen LogP contribution in [0.1, 0.15) is 28.4 Å². The first kappa shape index (κ1) is 21.7. The molecule has 0 bridgehead atoms. The number of rotatable bonds is 6. The van der Waals surface area contributed by atoms with Crippen LogP contribution >= 0.6 is 11.6 Å². The predicted molar refractivity (Wildman–Crippen MR) is 127 cm³/mol. The summed E-state index contributed by atoms with van der Waals surface area (Å²) in [7, 11) is 3.10. The predicted octanol–water partition coefficient (Wildman–Crippen LogP) is 5.82. The van der Waals surface area contributed by atoms with Crippen molar-refractivity contribution in [3.63, 3.8) is 0 Å². The first-order chi connectivity index (χ1) is 15.4. The summed E-state index contributed by atoms with van der Waals surface area (Å²) in [6.07, 6.45) is 1.74. The number of fused-ring (bicyclic) bond motifs is 1. The molecule has 0 fully saturated rings. The highest BCUT2D eigenvalue weighted by atomic mass is 35.5. The van der Waals surface area contributed by atoms with Gasteiger partial charge in [0.15, 0.2) is 11.5 Å². The van der Waals surface area contributed by atoms with Gasteiger partial charge in [-0.25, -0.2) is 9.97 Å². The number of pyridine rings is 2. The summed E-state index contributed by atoms with van der Waals surface area (Å²) in [6, 6.07) is 14.7. The number of aromatic nitrogens is 2. The summed E-state index contributed by atoms with van der Waals surface area (Å²) >= 11 is 6.51. The third-order valence-electron chi connectivity index (χ3n) is 5.31. The topological polar surface area (TPSA) is 76.5 Å². The number of halogens is 1. The molecule has 164 valence electrons. The molecule has 7 heteroatoms. The van der Waals surface area contributed by atoms with Crippen LogP contribution in [0.2, 0.25) is 5.02 Å². The second-order valence-electron chi connectivity index (χ2n) is 7.56. The van der Waals surface area contributed by atoms with Crippen molar-refractivity contribution in [1.29, 1.82) is 0 Å². The first-order valence-electron chi connectivity index (χ1n) is 10.1. The minimum absolute atomic E-state index is 0.0993. The summed E-state index contributed by atoms with van der Waals surface area (Å²) in [6.45, 7) is 3.89. The number of benzene rings is 2. The number of nitrogens with zero attached hydrogens (tertiary/aromatic N) is 2. The Hall–Kier alpha value is -3.51. The fraction of sp³-hybridized carbons (Fsp3) is 0.200. The van der Waals surface area contributed by atoms with Gasteiger partial charge in [0, 0.05) is 22.8 Å². The van der Waals surface area contributed by atoms with Crippen molar-refractivity contribution in [3.05, 3.63) is 82.1 Å². The smallest absolute Gasteiger partial charge is 0.179 e. The van der Waals surface area contributed by atoms with Gasteiger partial charge in [0.2, 0.25) is 0 Å². The Bertz CT molecular complexity index is 1290. The summed E-state index contributed by atoms with van der Waals surface area (Å²) in [5.74, 6) is 1.71. The Kier molecular flexibility index (Phi) is 6.06. The number of phenolic OH excluding ortho intramolecular Hbond substituents is 1. The summed E-state index contributed by atoms with van der Waals surface area (Å²) in [5.41, 5.74) is 3.84. The minimum atomic E-state index is -0.478. The van der Waals surface area contributed by atoms with Crippen molar-refractivity contribution < 1.29 is 14.6 Å². The zero-order valence-corrected chi connectivity index (χ0v) is 19.1. The molecule has 0 saturated carbocycles. The van der Waals surface area contributed by atoms with E-state index < -0.39 is 6.04 Å². The molecule has 2 N–H and O–H groups in total. The molecule has 2 heterocycles. The zero-order valence-electron chi connectivity index (χ0n) is 18.3. The molecular weight excluding hydrogens is 426 g/mol. The van der Waals surface area contributed by atoms with Crippen molar-refractivity contribution in [2.75, 3.05) is 19.5 Å². The molecule has 0 aliphatic carbocycles. The lowest BCUT2D eigenvalue weighted by Gasteiger charge is -2.23. The average molecular weight is 450 g/mol. The van der Waals surface area contributed by atoms with E-state index in [0.29, 0.717) is 33.4 Å². The van der Waals surface area contributed by atoms with Gasteiger partial charge in [0.25, 0.3) is 0 Å². The third-order valence-corrected chi connectivity index (χ3v) is 5.59. The number of hydrogen-bond donors (Lipinski definition) is 2. The number of phenols is 1. The van der Waals surface area contributed by atoms with E-state index in [0.717, 1.165) is 22.2 Å². The van der Waals surface area contributed by atoms with E-state index >= 15 is 0 Å². The number of methoxy groups -OCH3 is 2. The first-order valence-corrected chi connectivity index (χ1v) is 10.5. The van der Waals surface area contributed by atoms with E-state index in [9.17, 15) is 5.11 Å². The fourth-order valence-corrected chi connectivity index (χ4v) is 4.02. The molecule has 0 aliphatic heterocycles. The maximum atomic E-state index is 11.2. The van der Waals surface area contributed by atoms with E-state index in [1.165, 1.54) is 0 Å². The van der Waals surface area contributed by atoms with Crippen LogP contribution in [0, 0.1) is 13.8 Å². The molecule has 0 radical (unpaired) electrons. The Morgan fingerprint density at radius 3 is 2.50 bits per heavy atom. The van der Waals surface area contributed by atoms with Crippen molar-refractivity contribution in [1.82, 2.24) is 9.97 Å². The van der Waals surface area contributed by atoms with Gasteiger partial charge in [-0.1, -0.05) is 29.8 Å². The number of aryl methyl sites for hydroxylation is 2. The van der Waals surface area contributed by atoms with Crippen LogP contribution in [0.4, 0.5) is 5.82 Å². The van der Waals surface area contributed by atoms with E-state index in [2.05, 4.69) is 15.3 Å². The Morgan fingerprint density at radius 2 is 1.78 bits per heavy atom. The van der Waals surface area contributed by atoms with Crippen LogP contribution in [0.15, 0.2) is 54.7 Å². The van der Waals surface area contributed by atoms with Gasteiger partial charge in [0.1, 0.15) is 17.1 Å². The SMILES string of the molecule is COc1cc([C@@H](Nc2cc(C)ccn2)c2ccc3ccc(C)nc3c2O)cc(Cl)c1OC. The summed E-state index contributed by atoms with van der Waals surface area (Å²) < 4.78 is 10.9. The molecule has 0 amide bonds. The van der Waals surface area contributed by atoms with Gasteiger partial charge in [-0.15, -0.1) is 0 Å². The van der Waals surface area contributed by atoms with Gasteiger partial charge < -0.3 is 19.9 Å². The molecule has 2 aromatic carbocycles. The number of nitrogens with one attached hydrogen (secondary N) is 1. The molecule has 4 rings (SSSR count). The van der Waals surface area contributed by atoms with Crippen molar-refractivity contribution >= 4 is 28.3 Å². The van der Waals surface area contributed by atoms with Gasteiger partial charge >= 0.3 is 0 Å². The molecule has 0 spiro atoms. The summed E-state index contributed by atoms with van der Waals surface area (Å²) in [5, 5.41) is 15.9. The Balaban J connectivity index is 1.92. The van der Waals surface area contributed by atoms with Gasteiger partial charge in [-0.3, -0.25) is 0 Å². The highest BCUT2D eigenvalue weighted by molar-refractivity contribution is 6.32. The summed E-state index contributed by atoms with van der Waals surface area (Å²) in [4.78, 5) is 8.99. The standard InChI is InChI=1S/C25H24ClN3O3/c1-14-9-10-27-21(11-14)29-22(17-12-19(26)25(32-4)20(13-17)31-3)18-8-7-16-6-5-15(2)28-23(16)24(18)30/h5-13,22,30H,1-4H3,(H,27,29)/t22-/m1/s1. The maximum Gasteiger partial charge on any atom is 0.179 e. The van der Waals surface area contributed by atoms with Crippen LogP contribution in [-0.4, -0.2) is 29.3 Å². The van der Waals surface area contributed by atoms with Gasteiger partial charge in [-0.05, 0) is 55.3 Å². The normalized spacial score (nSPS) is 11.9. The van der Waals surface area contributed by atoms with Crippen molar-refractivity contribution in [2.45, 2.75) is 19.9 Å².